The van der Waals surface area contributed by atoms with Crippen molar-refractivity contribution < 1.29 is 14.7 Å². The van der Waals surface area contributed by atoms with E-state index in [0.29, 0.717) is 5.56 Å². The van der Waals surface area contributed by atoms with Crippen molar-refractivity contribution in [1.29, 1.82) is 0 Å². The van der Waals surface area contributed by atoms with Crippen molar-refractivity contribution in [2.75, 3.05) is 0 Å². The molecule has 2 aromatic rings. The molecule has 1 atom stereocenters. The fraction of sp³-hybridized carbons (Fsp3) is 0.263. The van der Waals surface area contributed by atoms with Gasteiger partial charge in [-0.1, -0.05) is 47.5 Å². The predicted octanol–water partition coefficient (Wildman–Crippen LogP) is 3.42. The molecule has 0 radical (unpaired) electrons. The van der Waals surface area contributed by atoms with E-state index in [1.807, 2.05) is 32.9 Å². The topological polar surface area (TPSA) is 66.4 Å². The Labute approximate surface area is 136 Å². The SMILES string of the molecule is Cc1cc(C)cc(C(C)NC(=O)Cc2ccccc2C(=O)O)c1. The van der Waals surface area contributed by atoms with Crippen LogP contribution in [-0.4, -0.2) is 17.0 Å². The number of aromatic carboxylic acids is 1. The number of benzene rings is 2. The Balaban J connectivity index is 2.09. The van der Waals surface area contributed by atoms with Crippen LogP contribution in [-0.2, 0) is 11.2 Å². The summed E-state index contributed by atoms with van der Waals surface area (Å²) >= 11 is 0. The monoisotopic (exact) mass is 311 g/mol. The highest BCUT2D eigenvalue weighted by atomic mass is 16.4. The molecule has 0 aromatic heterocycles. The molecule has 1 unspecified atom stereocenters. The second kappa shape index (κ2) is 7.09. The highest BCUT2D eigenvalue weighted by Gasteiger charge is 2.15. The maximum atomic E-state index is 12.2. The van der Waals surface area contributed by atoms with E-state index in [-0.39, 0.29) is 23.9 Å². The molecule has 0 bridgehead atoms. The average Bonchev–Trinajstić information content (AvgIpc) is 2.46. The number of aryl methyl sites for hydroxylation is 2. The molecule has 23 heavy (non-hydrogen) atoms. The van der Waals surface area contributed by atoms with Crippen LogP contribution in [0.15, 0.2) is 42.5 Å². The van der Waals surface area contributed by atoms with E-state index in [9.17, 15) is 9.59 Å². The standard InChI is InChI=1S/C19H21NO3/c1-12-8-13(2)10-16(9-12)14(3)20-18(21)11-15-6-4-5-7-17(15)19(22)23/h4-10,14H,11H2,1-3H3,(H,20,21)(H,22,23). The van der Waals surface area contributed by atoms with Gasteiger partial charge in [-0.2, -0.15) is 0 Å². The molecule has 0 spiro atoms. The Kier molecular flexibility index (Phi) is 5.16. The molecule has 0 aliphatic rings. The number of nitrogens with one attached hydrogen (secondary N) is 1. The molecule has 0 aliphatic carbocycles. The molecule has 4 nitrogen and oxygen atoms in total. The Hall–Kier alpha value is -2.62. The number of carboxylic acid groups (broad SMARTS) is 1. The van der Waals surface area contributed by atoms with Gasteiger partial charge >= 0.3 is 5.97 Å². The zero-order valence-electron chi connectivity index (χ0n) is 13.6. The molecule has 120 valence electrons. The van der Waals surface area contributed by atoms with Gasteiger partial charge in [-0.3, -0.25) is 4.79 Å². The lowest BCUT2D eigenvalue weighted by Crippen LogP contribution is -2.28. The molecule has 0 aliphatic heterocycles. The third kappa shape index (κ3) is 4.42. The molecular weight excluding hydrogens is 290 g/mol. The Morgan fingerprint density at radius 1 is 1.09 bits per heavy atom. The molecule has 2 aromatic carbocycles. The molecule has 1 amide bonds. The van der Waals surface area contributed by atoms with Crippen LogP contribution in [0.5, 0.6) is 0 Å². The van der Waals surface area contributed by atoms with Gasteiger partial charge in [0, 0.05) is 0 Å². The van der Waals surface area contributed by atoms with Crippen LogP contribution in [0.3, 0.4) is 0 Å². The number of carboxylic acids is 1. The first-order valence-corrected chi connectivity index (χ1v) is 7.55. The summed E-state index contributed by atoms with van der Waals surface area (Å²) < 4.78 is 0. The van der Waals surface area contributed by atoms with E-state index in [0.717, 1.165) is 16.7 Å². The summed E-state index contributed by atoms with van der Waals surface area (Å²) in [5.74, 6) is -1.21. The van der Waals surface area contributed by atoms with Crippen molar-refractivity contribution in [2.24, 2.45) is 0 Å². The third-order valence-electron chi connectivity index (χ3n) is 3.72. The van der Waals surface area contributed by atoms with Crippen molar-refractivity contribution in [3.8, 4) is 0 Å². The fourth-order valence-electron chi connectivity index (χ4n) is 2.69. The van der Waals surface area contributed by atoms with Crippen molar-refractivity contribution in [1.82, 2.24) is 5.32 Å². The zero-order chi connectivity index (χ0) is 17.0. The van der Waals surface area contributed by atoms with Crippen molar-refractivity contribution in [3.05, 3.63) is 70.3 Å². The minimum Gasteiger partial charge on any atom is -0.478 e. The lowest BCUT2D eigenvalue weighted by atomic mass is 10.0. The number of carbonyl (C=O) groups excluding carboxylic acids is 1. The second-order valence-corrected chi connectivity index (χ2v) is 5.85. The quantitative estimate of drug-likeness (QED) is 0.889. The maximum Gasteiger partial charge on any atom is 0.335 e. The van der Waals surface area contributed by atoms with E-state index >= 15 is 0 Å². The third-order valence-corrected chi connectivity index (χ3v) is 3.72. The first kappa shape index (κ1) is 16.7. The summed E-state index contributed by atoms with van der Waals surface area (Å²) in [6.45, 7) is 5.97. The van der Waals surface area contributed by atoms with Gasteiger partial charge in [-0.15, -0.1) is 0 Å². The predicted molar refractivity (Wildman–Crippen MR) is 89.6 cm³/mol. The Morgan fingerprint density at radius 2 is 1.70 bits per heavy atom. The van der Waals surface area contributed by atoms with Crippen LogP contribution >= 0.6 is 0 Å². The van der Waals surface area contributed by atoms with Gasteiger partial charge in [0.1, 0.15) is 0 Å². The average molecular weight is 311 g/mol. The molecule has 2 rings (SSSR count). The van der Waals surface area contributed by atoms with Crippen LogP contribution < -0.4 is 5.32 Å². The van der Waals surface area contributed by atoms with E-state index in [4.69, 9.17) is 5.11 Å². The molecule has 2 N–H and O–H groups in total. The minimum atomic E-state index is -1.02. The van der Waals surface area contributed by atoms with E-state index in [1.54, 1.807) is 18.2 Å². The molecule has 0 saturated heterocycles. The fourth-order valence-corrected chi connectivity index (χ4v) is 2.69. The highest BCUT2D eigenvalue weighted by Crippen LogP contribution is 2.17. The lowest BCUT2D eigenvalue weighted by molar-refractivity contribution is -0.121. The Bertz CT molecular complexity index is 717. The van der Waals surface area contributed by atoms with Gasteiger partial charge < -0.3 is 10.4 Å². The van der Waals surface area contributed by atoms with E-state index in [1.165, 1.54) is 6.07 Å². The molecule has 0 fully saturated rings. The van der Waals surface area contributed by atoms with E-state index in [2.05, 4.69) is 11.4 Å². The van der Waals surface area contributed by atoms with Gasteiger partial charge in [0.15, 0.2) is 0 Å². The normalized spacial score (nSPS) is 11.8. The number of hydrogen-bond acceptors (Lipinski definition) is 2. The van der Waals surface area contributed by atoms with Gasteiger partial charge in [0.2, 0.25) is 5.91 Å². The van der Waals surface area contributed by atoms with E-state index < -0.39 is 5.97 Å². The van der Waals surface area contributed by atoms with Crippen molar-refractivity contribution >= 4 is 11.9 Å². The van der Waals surface area contributed by atoms with Crippen LogP contribution in [0.2, 0.25) is 0 Å². The summed E-state index contributed by atoms with van der Waals surface area (Å²) in [5, 5.41) is 12.1. The number of amides is 1. The van der Waals surface area contributed by atoms with Gasteiger partial charge in [0.05, 0.1) is 18.0 Å². The minimum absolute atomic E-state index is 0.0532. The van der Waals surface area contributed by atoms with Gasteiger partial charge in [0.25, 0.3) is 0 Å². The number of rotatable bonds is 5. The molecule has 0 heterocycles. The van der Waals surface area contributed by atoms with Crippen LogP contribution in [0.4, 0.5) is 0 Å². The number of carbonyl (C=O) groups is 2. The number of hydrogen-bond donors (Lipinski definition) is 2. The largest absolute Gasteiger partial charge is 0.478 e. The lowest BCUT2D eigenvalue weighted by Gasteiger charge is -2.16. The smallest absolute Gasteiger partial charge is 0.335 e. The molecule has 0 saturated carbocycles. The summed E-state index contributed by atoms with van der Waals surface area (Å²) in [5.41, 5.74) is 4.03. The van der Waals surface area contributed by atoms with Gasteiger partial charge in [-0.25, -0.2) is 4.79 Å². The molecule has 4 heteroatoms. The highest BCUT2D eigenvalue weighted by molar-refractivity contribution is 5.91. The summed E-state index contributed by atoms with van der Waals surface area (Å²) in [6, 6.07) is 12.6. The van der Waals surface area contributed by atoms with Gasteiger partial charge in [-0.05, 0) is 38.0 Å². The van der Waals surface area contributed by atoms with Crippen molar-refractivity contribution in [3.63, 3.8) is 0 Å². The van der Waals surface area contributed by atoms with Crippen LogP contribution in [0.25, 0.3) is 0 Å². The Morgan fingerprint density at radius 3 is 2.30 bits per heavy atom. The zero-order valence-corrected chi connectivity index (χ0v) is 13.6. The first-order valence-electron chi connectivity index (χ1n) is 7.55. The van der Waals surface area contributed by atoms with Crippen LogP contribution in [0, 0.1) is 13.8 Å². The van der Waals surface area contributed by atoms with Crippen LogP contribution in [0.1, 0.15) is 45.6 Å². The first-order chi connectivity index (χ1) is 10.9. The van der Waals surface area contributed by atoms with Crippen molar-refractivity contribution in [2.45, 2.75) is 33.2 Å². The summed E-state index contributed by atoms with van der Waals surface area (Å²) in [4.78, 5) is 23.4. The second-order valence-electron chi connectivity index (χ2n) is 5.85. The summed E-state index contributed by atoms with van der Waals surface area (Å²) in [6.07, 6.45) is 0.0532. The maximum absolute atomic E-state index is 12.2. The summed E-state index contributed by atoms with van der Waals surface area (Å²) in [7, 11) is 0. The molecular formula is C19H21NO3.